The molecule has 0 amide bonds. The molecule has 4 aromatic rings. The molecule has 25 heavy (non-hydrogen) atoms. The van der Waals surface area contributed by atoms with E-state index >= 15 is 0 Å². The number of nitrogens with zero attached hydrogens (tertiary/aromatic N) is 2. The molecule has 0 aliphatic heterocycles. The molecule has 4 aromatic carbocycles. The number of azo groups is 1. The molecule has 0 radical (unpaired) electrons. The Morgan fingerprint density at radius 3 is 2.04 bits per heavy atom. The average Bonchev–Trinajstić information content (AvgIpc) is 2.68. The van der Waals surface area contributed by atoms with E-state index in [9.17, 15) is 0 Å². The van der Waals surface area contributed by atoms with Gasteiger partial charge in [0.15, 0.2) is 0 Å². The highest BCUT2D eigenvalue weighted by atomic mass is 15.1. The third kappa shape index (κ3) is 3.00. The van der Waals surface area contributed by atoms with Gasteiger partial charge in [-0.15, -0.1) is 5.11 Å². The molecule has 120 valence electrons. The summed E-state index contributed by atoms with van der Waals surface area (Å²) in [5, 5.41) is 11.0. The summed E-state index contributed by atoms with van der Waals surface area (Å²) in [6.07, 6.45) is 0. The van der Waals surface area contributed by atoms with Gasteiger partial charge in [0.05, 0.1) is 11.4 Å². The topological polar surface area (TPSA) is 50.7 Å². The third-order valence-electron chi connectivity index (χ3n) is 4.18. The minimum Gasteiger partial charge on any atom is -0.398 e. The maximum atomic E-state index is 6.13. The highest BCUT2D eigenvalue weighted by Gasteiger charge is 2.09. The van der Waals surface area contributed by atoms with E-state index in [4.69, 9.17) is 5.73 Å². The lowest BCUT2D eigenvalue weighted by Gasteiger charge is -2.10. The second-order valence-electron chi connectivity index (χ2n) is 5.80. The van der Waals surface area contributed by atoms with E-state index in [0.717, 1.165) is 39.0 Å². The molecule has 0 fully saturated rings. The van der Waals surface area contributed by atoms with E-state index in [0.29, 0.717) is 0 Å². The van der Waals surface area contributed by atoms with Crippen molar-refractivity contribution in [1.29, 1.82) is 0 Å². The maximum Gasteiger partial charge on any atom is 0.0935 e. The van der Waals surface area contributed by atoms with Crippen LogP contribution in [0.5, 0.6) is 0 Å². The van der Waals surface area contributed by atoms with Gasteiger partial charge in [0, 0.05) is 16.6 Å². The minimum absolute atomic E-state index is 0.780. The lowest BCUT2D eigenvalue weighted by Crippen LogP contribution is -1.89. The number of anilines is 1. The van der Waals surface area contributed by atoms with E-state index in [1.807, 2.05) is 72.8 Å². The largest absolute Gasteiger partial charge is 0.398 e. The van der Waals surface area contributed by atoms with Crippen LogP contribution in [0.25, 0.3) is 21.9 Å². The molecule has 2 N–H and O–H groups in total. The Kier molecular flexibility index (Phi) is 3.97. The smallest absolute Gasteiger partial charge is 0.0935 e. The van der Waals surface area contributed by atoms with E-state index in [1.165, 1.54) is 0 Å². The summed E-state index contributed by atoms with van der Waals surface area (Å²) in [6, 6.07) is 29.9. The number of hydrogen-bond donors (Lipinski definition) is 1. The summed E-state index contributed by atoms with van der Waals surface area (Å²) < 4.78 is 0. The van der Waals surface area contributed by atoms with Crippen LogP contribution in [0.3, 0.4) is 0 Å². The molecular formula is C22H17N3. The first kappa shape index (κ1) is 15.1. The van der Waals surface area contributed by atoms with Crippen molar-refractivity contribution in [3.63, 3.8) is 0 Å². The van der Waals surface area contributed by atoms with Gasteiger partial charge in [0.2, 0.25) is 0 Å². The Morgan fingerprint density at radius 1 is 0.520 bits per heavy atom. The molecule has 4 rings (SSSR count). The Balaban J connectivity index is 1.85. The second-order valence-corrected chi connectivity index (χ2v) is 5.80. The standard InChI is InChI=1S/C22H17N3/c23-21-15-14-18(17-10-4-5-11-19(17)21)20-12-6-7-13-22(20)25-24-16-8-2-1-3-9-16/h1-15H,23H2. The van der Waals surface area contributed by atoms with Crippen LogP contribution in [0.4, 0.5) is 17.1 Å². The van der Waals surface area contributed by atoms with Crippen molar-refractivity contribution >= 4 is 27.8 Å². The number of fused-ring (bicyclic) bond motifs is 1. The molecule has 0 spiro atoms. The van der Waals surface area contributed by atoms with Crippen LogP contribution in [0.1, 0.15) is 0 Å². The molecule has 0 saturated carbocycles. The summed E-state index contributed by atoms with van der Waals surface area (Å²) in [7, 11) is 0. The monoisotopic (exact) mass is 323 g/mol. The highest BCUT2D eigenvalue weighted by molar-refractivity contribution is 6.04. The van der Waals surface area contributed by atoms with Gasteiger partial charge in [0.25, 0.3) is 0 Å². The van der Waals surface area contributed by atoms with Gasteiger partial charge in [-0.25, -0.2) is 0 Å². The van der Waals surface area contributed by atoms with Gasteiger partial charge >= 0.3 is 0 Å². The Bertz CT molecular complexity index is 1050. The fraction of sp³-hybridized carbons (Fsp3) is 0. The zero-order chi connectivity index (χ0) is 17.1. The van der Waals surface area contributed by atoms with Crippen LogP contribution >= 0.6 is 0 Å². The van der Waals surface area contributed by atoms with Crippen LogP contribution in [-0.2, 0) is 0 Å². The minimum atomic E-state index is 0.780. The van der Waals surface area contributed by atoms with Crippen LogP contribution in [0.15, 0.2) is 101 Å². The summed E-state index contributed by atoms with van der Waals surface area (Å²) in [6.45, 7) is 0. The van der Waals surface area contributed by atoms with Gasteiger partial charge < -0.3 is 5.73 Å². The fourth-order valence-corrected chi connectivity index (χ4v) is 2.95. The van der Waals surface area contributed by atoms with Crippen LogP contribution in [0, 0.1) is 0 Å². The third-order valence-corrected chi connectivity index (χ3v) is 4.18. The lowest BCUT2D eigenvalue weighted by atomic mass is 9.96. The van der Waals surface area contributed by atoms with Crippen LogP contribution < -0.4 is 5.73 Å². The van der Waals surface area contributed by atoms with Crippen molar-refractivity contribution in [2.45, 2.75) is 0 Å². The first-order chi connectivity index (χ1) is 12.3. The number of benzene rings is 4. The first-order valence-corrected chi connectivity index (χ1v) is 8.16. The van der Waals surface area contributed by atoms with E-state index < -0.39 is 0 Å². The molecule has 0 atom stereocenters. The Labute approximate surface area is 146 Å². The summed E-state index contributed by atoms with van der Waals surface area (Å²) in [5.74, 6) is 0. The van der Waals surface area contributed by atoms with Gasteiger partial charge in [-0.3, -0.25) is 0 Å². The predicted octanol–water partition coefficient (Wildman–Crippen LogP) is 6.50. The lowest BCUT2D eigenvalue weighted by molar-refractivity contribution is 1.23. The quantitative estimate of drug-likeness (QED) is 0.339. The number of hydrogen-bond acceptors (Lipinski definition) is 3. The molecule has 0 aliphatic rings. The normalized spacial score (nSPS) is 11.2. The highest BCUT2D eigenvalue weighted by Crippen LogP contribution is 2.37. The summed E-state index contributed by atoms with van der Waals surface area (Å²) in [5.41, 5.74) is 10.7. The Morgan fingerprint density at radius 2 is 1.20 bits per heavy atom. The first-order valence-electron chi connectivity index (χ1n) is 8.16. The molecule has 0 aromatic heterocycles. The van der Waals surface area contributed by atoms with E-state index in [1.54, 1.807) is 0 Å². The number of nitrogens with two attached hydrogens (primary N) is 1. The van der Waals surface area contributed by atoms with Crippen LogP contribution in [-0.4, -0.2) is 0 Å². The summed E-state index contributed by atoms with van der Waals surface area (Å²) in [4.78, 5) is 0. The number of nitrogen functional groups attached to an aromatic ring is 1. The molecule has 0 unspecified atom stereocenters. The maximum absolute atomic E-state index is 6.13. The average molecular weight is 323 g/mol. The van der Waals surface area contributed by atoms with Gasteiger partial charge in [0.1, 0.15) is 0 Å². The van der Waals surface area contributed by atoms with E-state index in [2.05, 4.69) is 28.4 Å². The van der Waals surface area contributed by atoms with Crippen LogP contribution in [0.2, 0.25) is 0 Å². The van der Waals surface area contributed by atoms with Crippen molar-refractivity contribution in [3.8, 4) is 11.1 Å². The SMILES string of the molecule is Nc1ccc(-c2ccccc2N=Nc2ccccc2)c2ccccc12. The van der Waals surface area contributed by atoms with Gasteiger partial charge in [-0.05, 0) is 35.2 Å². The second kappa shape index (κ2) is 6.57. The molecular weight excluding hydrogens is 306 g/mol. The van der Waals surface area contributed by atoms with Crippen molar-refractivity contribution in [2.75, 3.05) is 5.73 Å². The molecule has 3 heteroatoms. The van der Waals surface area contributed by atoms with Crippen molar-refractivity contribution < 1.29 is 0 Å². The fourth-order valence-electron chi connectivity index (χ4n) is 2.95. The van der Waals surface area contributed by atoms with Crippen molar-refractivity contribution in [1.82, 2.24) is 0 Å². The predicted molar refractivity (Wildman–Crippen MR) is 104 cm³/mol. The molecule has 0 heterocycles. The molecule has 0 bridgehead atoms. The molecule has 0 aliphatic carbocycles. The zero-order valence-corrected chi connectivity index (χ0v) is 13.6. The zero-order valence-electron chi connectivity index (χ0n) is 13.6. The van der Waals surface area contributed by atoms with E-state index in [-0.39, 0.29) is 0 Å². The Hall–Kier alpha value is -3.46. The van der Waals surface area contributed by atoms with Gasteiger partial charge in [-0.1, -0.05) is 66.7 Å². The van der Waals surface area contributed by atoms with Crippen molar-refractivity contribution in [2.24, 2.45) is 10.2 Å². The summed E-state index contributed by atoms with van der Waals surface area (Å²) >= 11 is 0. The molecule has 3 nitrogen and oxygen atoms in total. The molecule has 0 saturated heterocycles. The van der Waals surface area contributed by atoms with Crippen molar-refractivity contribution in [3.05, 3.63) is 91.0 Å². The van der Waals surface area contributed by atoms with Gasteiger partial charge in [-0.2, -0.15) is 5.11 Å². The number of rotatable bonds is 3.